The summed E-state index contributed by atoms with van der Waals surface area (Å²) in [5.41, 5.74) is 1.42. The molecule has 0 spiro atoms. The molecule has 1 amide bonds. The van der Waals surface area contributed by atoms with Gasteiger partial charge in [-0.3, -0.25) is 9.59 Å². The Hall–Kier alpha value is -4.29. The van der Waals surface area contributed by atoms with E-state index in [1.165, 1.54) is 7.11 Å². The summed E-state index contributed by atoms with van der Waals surface area (Å²) in [5.74, 6) is 0.270. The van der Waals surface area contributed by atoms with Crippen molar-refractivity contribution in [2.75, 3.05) is 69.1 Å². The number of esters is 1. The molecule has 1 heterocycles. The second kappa shape index (κ2) is 15.7. The van der Waals surface area contributed by atoms with E-state index in [4.69, 9.17) is 9.47 Å². The molecule has 0 atom stereocenters. The number of anilines is 4. The molecule has 3 rings (SSSR count). The number of hydrogen-bond donors (Lipinski definition) is 4. The number of carbonyl (C=O) groups is 2. The van der Waals surface area contributed by atoms with Crippen LogP contribution in [0, 0.1) is 0 Å². The molecule has 0 aliphatic rings. The van der Waals surface area contributed by atoms with Gasteiger partial charge in [-0.25, -0.2) is 0 Å². The minimum absolute atomic E-state index is 0.0796. The van der Waals surface area contributed by atoms with E-state index >= 15 is 0 Å². The second-order valence-corrected chi connectivity index (χ2v) is 7.50. The average molecular weight is 510 g/mol. The number of aromatic nitrogens is 3. The minimum atomic E-state index is -0.443. The predicted octanol–water partition coefficient (Wildman–Crippen LogP) is 2.08. The third kappa shape index (κ3) is 10.5. The second-order valence-electron chi connectivity index (χ2n) is 7.50. The molecule has 0 saturated heterocycles. The van der Waals surface area contributed by atoms with Gasteiger partial charge >= 0.3 is 5.97 Å². The highest BCUT2D eigenvalue weighted by atomic mass is 16.5. The summed E-state index contributed by atoms with van der Waals surface area (Å²) in [4.78, 5) is 36.3. The van der Waals surface area contributed by atoms with Crippen molar-refractivity contribution in [2.45, 2.75) is 0 Å². The quantitative estimate of drug-likeness (QED) is 0.166. The van der Waals surface area contributed by atoms with Crippen molar-refractivity contribution in [3.8, 4) is 0 Å². The van der Waals surface area contributed by atoms with Crippen molar-refractivity contribution in [3.63, 3.8) is 0 Å². The van der Waals surface area contributed by atoms with E-state index in [9.17, 15) is 9.59 Å². The highest BCUT2D eigenvalue weighted by molar-refractivity contribution is 5.94. The fraction of sp³-hybridized carbons (Fsp3) is 0.320. The number of nitrogens with one attached hydrogen (secondary N) is 4. The Morgan fingerprint density at radius 1 is 0.730 bits per heavy atom. The summed E-state index contributed by atoms with van der Waals surface area (Å²) in [7, 11) is 1.31. The molecule has 0 aliphatic carbocycles. The number of methoxy groups -OCH3 is 1. The molecule has 0 aliphatic heterocycles. The number of hydrogen-bond acceptors (Lipinski definition) is 11. The van der Waals surface area contributed by atoms with Crippen molar-refractivity contribution >= 4 is 35.4 Å². The van der Waals surface area contributed by atoms with Gasteiger partial charge in [0.1, 0.15) is 6.54 Å². The molecule has 0 saturated carbocycles. The Bertz CT molecular complexity index is 1100. The topological polar surface area (TPSA) is 149 Å². The zero-order valence-corrected chi connectivity index (χ0v) is 20.6. The third-order valence-corrected chi connectivity index (χ3v) is 4.75. The van der Waals surface area contributed by atoms with E-state index < -0.39 is 5.97 Å². The number of amides is 1. The van der Waals surface area contributed by atoms with Gasteiger partial charge < -0.3 is 35.5 Å². The lowest BCUT2D eigenvalue weighted by molar-refractivity contribution is -0.138. The molecule has 37 heavy (non-hydrogen) atoms. The molecule has 0 fully saturated rings. The van der Waals surface area contributed by atoms with Crippen molar-refractivity contribution in [1.29, 1.82) is 0 Å². The maximum absolute atomic E-state index is 11.9. The van der Waals surface area contributed by atoms with Gasteiger partial charge in [0.05, 0.1) is 33.5 Å². The van der Waals surface area contributed by atoms with Crippen LogP contribution >= 0.6 is 0 Å². The molecular weight excluding hydrogens is 478 g/mol. The van der Waals surface area contributed by atoms with E-state index in [-0.39, 0.29) is 18.4 Å². The number of benzene rings is 2. The highest BCUT2D eigenvalue weighted by Crippen LogP contribution is 2.15. The molecule has 0 bridgehead atoms. The van der Waals surface area contributed by atoms with E-state index in [2.05, 4.69) is 41.0 Å². The highest BCUT2D eigenvalue weighted by Gasteiger charge is 2.09. The standard InChI is InChI=1S/C25H31N7O5/c1-35-21(33)18-28-24-30-23(31-25(32-24)29-20-10-6-3-7-11-20)27-13-15-37-17-16-36-14-12-26-22(34)19-8-4-2-5-9-19/h2-11H,12-18H2,1H3,(H,26,34)(H3,27,28,29,30,31,32). The van der Waals surface area contributed by atoms with Gasteiger partial charge in [-0.1, -0.05) is 36.4 Å². The van der Waals surface area contributed by atoms with Gasteiger partial charge in [0.2, 0.25) is 17.8 Å². The summed E-state index contributed by atoms with van der Waals surface area (Å²) in [6.45, 7) is 2.37. The predicted molar refractivity (Wildman–Crippen MR) is 139 cm³/mol. The van der Waals surface area contributed by atoms with Crippen LogP contribution in [0.25, 0.3) is 0 Å². The maximum Gasteiger partial charge on any atom is 0.325 e. The Morgan fingerprint density at radius 2 is 1.32 bits per heavy atom. The Balaban J connectivity index is 1.35. The van der Waals surface area contributed by atoms with Gasteiger partial charge in [0, 0.05) is 24.3 Å². The largest absolute Gasteiger partial charge is 0.468 e. The fourth-order valence-electron chi connectivity index (χ4n) is 2.95. The van der Waals surface area contributed by atoms with Gasteiger partial charge in [0.25, 0.3) is 5.91 Å². The van der Waals surface area contributed by atoms with Crippen molar-refractivity contribution in [3.05, 3.63) is 66.2 Å². The maximum atomic E-state index is 11.9. The summed E-state index contributed by atoms with van der Waals surface area (Å²) < 4.78 is 15.7. The summed E-state index contributed by atoms with van der Waals surface area (Å²) in [6.07, 6.45) is 0. The molecule has 1 aromatic heterocycles. The lowest BCUT2D eigenvalue weighted by atomic mass is 10.2. The van der Waals surface area contributed by atoms with E-state index in [1.807, 2.05) is 48.5 Å². The monoisotopic (exact) mass is 509 g/mol. The van der Waals surface area contributed by atoms with Gasteiger partial charge in [-0.05, 0) is 24.3 Å². The molecule has 0 radical (unpaired) electrons. The van der Waals surface area contributed by atoms with Crippen LogP contribution < -0.4 is 21.3 Å². The first-order valence-electron chi connectivity index (χ1n) is 11.8. The van der Waals surface area contributed by atoms with Crippen molar-refractivity contribution in [1.82, 2.24) is 20.3 Å². The normalized spacial score (nSPS) is 10.4. The molecule has 0 unspecified atom stereocenters. The Morgan fingerprint density at radius 3 is 2.00 bits per heavy atom. The molecule has 196 valence electrons. The molecule has 3 aromatic rings. The van der Waals surface area contributed by atoms with E-state index in [0.29, 0.717) is 57.0 Å². The Kier molecular flexibility index (Phi) is 11.5. The van der Waals surface area contributed by atoms with Crippen LogP contribution in [0.3, 0.4) is 0 Å². The van der Waals surface area contributed by atoms with Gasteiger partial charge in [0.15, 0.2) is 0 Å². The number of rotatable bonds is 16. The zero-order valence-electron chi connectivity index (χ0n) is 20.6. The fourth-order valence-corrected chi connectivity index (χ4v) is 2.95. The van der Waals surface area contributed by atoms with E-state index in [1.54, 1.807) is 12.1 Å². The summed E-state index contributed by atoms with van der Waals surface area (Å²) in [5, 5.41) is 11.8. The molecule has 12 nitrogen and oxygen atoms in total. The van der Waals surface area contributed by atoms with Crippen LogP contribution in [0.2, 0.25) is 0 Å². The molecule has 12 heteroatoms. The van der Waals surface area contributed by atoms with Gasteiger partial charge in [-0.15, -0.1) is 0 Å². The SMILES string of the molecule is COC(=O)CNc1nc(NCCOCCOCCNC(=O)c2ccccc2)nc(Nc2ccccc2)n1. The van der Waals surface area contributed by atoms with Crippen LogP contribution in [-0.2, 0) is 19.0 Å². The number of carbonyl (C=O) groups excluding carboxylic acids is 2. The molecule has 4 N–H and O–H groups in total. The lowest BCUT2D eigenvalue weighted by Crippen LogP contribution is -2.27. The zero-order chi connectivity index (χ0) is 26.1. The number of nitrogens with zero attached hydrogens (tertiary/aromatic N) is 3. The first kappa shape index (κ1) is 27.3. The number of ether oxygens (including phenoxy) is 3. The Labute approximate surface area is 215 Å². The van der Waals surface area contributed by atoms with Crippen molar-refractivity contribution in [2.24, 2.45) is 0 Å². The van der Waals surface area contributed by atoms with Crippen LogP contribution in [0.4, 0.5) is 23.5 Å². The minimum Gasteiger partial charge on any atom is -0.468 e. The van der Waals surface area contributed by atoms with Crippen LogP contribution in [0.15, 0.2) is 60.7 Å². The van der Waals surface area contributed by atoms with Crippen LogP contribution in [-0.4, -0.2) is 80.0 Å². The van der Waals surface area contributed by atoms with Crippen molar-refractivity contribution < 1.29 is 23.8 Å². The lowest BCUT2D eigenvalue weighted by Gasteiger charge is -2.11. The molecule has 2 aromatic carbocycles. The third-order valence-electron chi connectivity index (χ3n) is 4.75. The van der Waals surface area contributed by atoms with Gasteiger partial charge in [-0.2, -0.15) is 15.0 Å². The number of para-hydroxylation sites is 1. The van der Waals surface area contributed by atoms with Crippen LogP contribution in [0.1, 0.15) is 10.4 Å². The van der Waals surface area contributed by atoms with E-state index in [0.717, 1.165) is 5.69 Å². The summed E-state index contributed by atoms with van der Waals surface area (Å²) >= 11 is 0. The van der Waals surface area contributed by atoms with Crippen LogP contribution in [0.5, 0.6) is 0 Å². The average Bonchev–Trinajstić information content (AvgIpc) is 2.93. The first-order chi connectivity index (χ1) is 18.1. The first-order valence-corrected chi connectivity index (χ1v) is 11.8. The summed E-state index contributed by atoms with van der Waals surface area (Å²) in [6, 6.07) is 18.5. The molecular formula is C25H31N7O5. The smallest absolute Gasteiger partial charge is 0.325 e.